The fourth-order valence-corrected chi connectivity index (χ4v) is 3.69. The molecule has 0 spiro atoms. The molecule has 156 valence electrons. The van der Waals surface area contributed by atoms with E-state index in [1.54, 1.807) is 13.2 Å². The minimum atomic E-state index is -0.438. The Morgan fingerprint density at radius 2 is 1.80 bits per heavy atom. The molecule has 0 saturated carbocycles. The van der Waals surface area contributed by atoms with Gasteiger partial charge in [-0.15, -0.1) is 11.8 Å². The summed E-state index contributed by atoms with van der Waals surface area (Å²) in [6.45, 7) is 3.61. The Hall–Kier alpha value is -3.26. The van der Waals surface area contributed by atoms with Gasteiger partial charge in [-0.25, -0.2) is 0 Å². The van der Waals surface area contributed by atoms with Crippen LogP contribution in [0.1, 0.15) is 11.3 Å². The number of aryl methyl sites for hydroxylation is 2. The lowest BCUT2D eigenvalue weighted by Crippen LogP contribution is -2.44. The molecule has 0 aliphatic heterocycles. The van der Waals surface area contributed by atoms with Crippen LogP contribution in [-0.2, 0) is 9.59 Å². The number of ether oxygens (including phenoxy) is 2. The molecule has 0 aliphatic rings. The summed E-state index contributed by atoms with van der Waals surface area (Å²) >= 11 is 1.37. The van der Waals surface area contributed by atoms with E-state index in [1.165, 1.54) is 11.8 Å². The Labute approximate surface area is 179 Å². The number of carbonyl (C=O) groups is 2. The number of pyridine rings is 1. The fourth-order valence-electron chi connectivity index (χ4n) is 2.76. The first-order valence-corrected chi connectivity index (χ1v) is 10.3. The minimum absolute atomic E-state index is 0.134. The van der Waals surface area contributed by atoms with E-state index in [9.17, 15) is 9.59 Å². The summed E-state index contributed by atoms with van der Waals surface area (Å²) < 4.78 is 10.7. The van der Waals surface area contributed by atoms with E-state index in [2.05, 4.69) is 15.8 Å². The smallest absolute Gasteiger partial charge is 0.276 e. The first-order chi connectivity index (χ1) is 14.5. The van der Waals surface area contributed by atoms with Crippen molar-refractivity contribution in [3.8, 4) is 11.5 Å². The summed E-state index contributed by atoms with van der Waals surface area (Å²) in [4.78, 5) is 29.5. The van der Waals surface area contributed by atoms with Crippen LogP contribution in [0.3, 0.4) is 0 Å². The molecule has 0 aliphatic carbocycles. The van der Waals surface area contributed by atoms with Crippen LogP contribution in [0.5, 0.6) is 11.5 Å². The Morgan fingerprint density at radius 3 is 2.57 bits per heavy atom. The number of hydrazine groups is 1. The average molecular weight is 426 g/mol. The van der Waals surface area contributed by atoms with Gasteiger partial charge in [-0.1, -0.05) is 18.2 Å². The van der Waals surface area contributed by atoms with Crippen LogP contribution in [0.4, 0.5) is 0 Å². The lowest BCUT2D eigenvalue weighted by atomic mass is 10.2. The molecule has 1 heterocycles. The second-order valence-electron chi connectivity index (χ2n) is 6.58. The van der Waals surface area contributed by atoms with Gasteiger partial charge < -0.3 is 9.47 Å². The maximum atomic E-state index is 12.2. The van der Waals surface area contributed by atoms with Crippen molar-refractivity contribution >= 4 is 34.5 Å². The van der Waals surface area contributed by atoms with Gasteiger partial charge in [-0.05, 0) is 49.7 Å². The normalized spacial score (nSPS) is 10.5. The molecule has 0 unspecified atom stereocenters. The van der Waals surface area contributed by atoms with Gasteiger partial charge in [0.25, 0.3) is 5.91 Å². The van der Waals surface area contributed by atoms with Crippen molar-refractivity contribution in [3.05, 3.63) is 59.8 Å². The van der Waals surface area contributed by atoms with Crippen molar-refractivity contribution in [1.29, 1.82) is 0 Å². The Kier molecular flexibility index (Phi) is 7.13. The molecule has 3 aromatic rings. The van der Waals surface area contributed by atoms with Crippen molar-refractivity contribution < 1.29 is 19.1 Å². The lowest BCUT2D eigenvalue weighted by molar-refractivity contribution is -0.128. The topological polar surface area (TPSA) is 89.5 Å². The number of amides is 2. The van der Waals surface area contributed by atoms with Gasteiger partial charge in [0.1, 0.15) is 11.5 Å². The van der Waals surface area contributed by atoms with E-state index in [4.69, 9.17) is 9.47 Å². The number of nitrogens with zero attached hydrogens (tertiary/aromatic N) is 1. The number of hydrogen-bond acceptors (Lipinski definition) is 6. The van der Waals surface area contributed by atoms with Gasteiger partial charge in [0.2, 0.25) is 5.91 Å². The molecule has 0 saturated heterocycles. The van der Waals surface area contributed by atoms with Gasteiger partial charge >= 0.3 is 0 Å². The largest absolute Gasteiger partial charge is 0.497 e. The van der Waals surface area contributed by atoms with Crippen LogP contribution in [-0.4, -0.2) is 36.3 Å². The van der Waals surface area contributed by atoms with Crippen LogP contribution in [0.25, 0.3) is 10.9 Å². The second kappa shape index (κ2) is 9.98. The molecule has 0 radical (unpaired) electrons. The van der Waals surface area contributed by atoms with Crippen LogP contribution >= 0.6 is 11.8 Å². The number of para-hydroxylation sites is 1. The third-order valence-corrected chi connectivity index (χ3v) is 5.31. The van der Waals surface area contributed by atoms with Crippen LogP contribution in [0, 0.1) is 13.8 Å². The molecule has 0 atom stereocenters. The summed E-state index contributed by atoms with van der Waals surface area (Å²) in [6.07, 6.45) is 0. The van der Waals surface area contributed by atoms with Gasteiger partial charge in [0, 0.05) is 16.0 Å². The van der Waals surface area contributed by atoms with E-state index in [-0.39, 0.29) is 18.3 Å². The molecule has 2 N–H and O–H groups in total. The van der Waals surface area contributed by atoms with Crippen molar-refractivity contribution in [2.45, 2.75) is 18.7 Å². The zero-order chi connectivity index (χ0) is 21.5. The third kappa shape index (κ3) is 5.64. The number of fused-ring (bicyclic) bond motifs is 1. The zero-order valence-electron chi connectivity index (χ0n) is 17.0. The predicted octanol–water partition coefficient (Wildman–Crippen LogP) is 3.18. The van der Waals surface area contributed by atoms with E-state index in [0.29, 0.717) is 5.75 Å². The molecule has 2 aromatic carbocycles. The summed E-state index contributed by atoms with van der Waals surface area (Å²) in [6, 6.07) is 15.0. The number of aromatic nitrogens is 1. The van der Waals surface area contributed by atoms with E-state index in [0.717, 1.165) is 32.8 Å². The zero-order valence-corrected chi connectivity index (χ0v) is 17.8. The van der Waals surface area contributed by atoms with Gasteiger partial charge in [0.15, 0.2) is 6.61 Å². The first kappa shape index (κ1) is 21.4. The average Bonchev–Trinajstić information content (AvgIpc) is 2.75. The van der Waals surface area contributed by atoms with Crippen molar-refractivity contribution in [2.75, 3.05) is 19.5 Å². The highest BCUT2D eigenvalue weighted by atomic mass is 32.2. The highest BCUT2D eigenvalue weighted by molar-refractivity contribution is 8.00. The van der Waals surface area contributed by atoms with Crippen molar-refractivity contribution in [3.63, 3.8) is 0 Å². The predicted molar refractivity (Wildman–Crippen MR) is 117 cm³/mol. The number of benzene rings is 2. The maximum absolute atomic E-state index is 12.2. The number of hydrogen-bond donors (Lipinski definition) is 2. The number of thioether (sulfide) groups is 1. The molecule has 0 bridgehead atoms. The first-order valence-electron chi connectivity index (χ1n) is 9.30. The van der Waals surface area contributed by atoms with E-state index >= 15 is 0 Å². The molecule has 7 nitrogen and oxygen atoms in total. The van der Waals surface area contributed by atoms with Crippen LogP contribution in [0.2, 0.25) is 0 Å². The molecule has 0 fully saturated rings. The molecule has 2 amide bonds. The van der Waals surface area contributed by atoms with Gasteiger partial charge in [-0.3, -0.25) is 25.4 Å². The van der Waals surface area contributed by atoms with Crippen LogP contribution in [0.15, 0.2) is 53.4 Å². The van der Waals surface area contributed by atoms with Crippen molar-refractivity contribution in [2.24, 2.45) is 0 Å². The molecule has 3 rings (SSSR count). The molecule has 30 heavy (non-hydrogen) atoms. The molecule has 8 heteroatoms. The lowest BCUT2D eigenvalue weighted by Gasteiger charge is -2.11. The van der Waals surface area contributed by atoms with Crippen LogP contribution < -0.4 is 20.3 Å². The second-order valence-corrected chi connectivity index (χ2v) is 7.60. The summed E-state index contributed by atoms with van der Waals surface area (Å²) in [7, 11) is 1.61. The molecule has 1 aromatic heterocycles. The molecular formula is C22H23N3O4S. The molecular weight excluding hydrogens is 402 g/mol. The number of rotatable bonds is 7. The third-order valence-electron chi connectivity index (χ3n) is 4.26. The Balaban J connectivity index is 1.52. The quantitative estimate of drug-likeness (QED) is 0.446. The summed E-state index contributed by atoms with van der Waals surface area (Å²) in [5.41, 5.74) is 7.40. The maximum Gasteiger partial charge on any atom is 0.276 e. The highest BCUT2D eigenvalue weighted by Gasteiger charge is 2.11. The van der Waals surface area contributed by atoms with Crippen molar-refractivity contribution in [1.82, 2.24) is 15.8 Å². The number of nitrogens with one attached hydrogen (secondary N) is 2. The van der Waals surface area contributed by atoms with E-state index in [1.807, 2.05) is 56.3 Å². The summed E-state index contributed by atoms with van der Waals surface area (Å²) in [5, 5.41) is 0.911. The highest BCUT2D eigenvalue weighted by Crippen LogP contribution is 2.30. The van der Waals surface area contributed by atoms with Gasteiger partial charge in [-0.2, -0.15) is 0 Å². The number of methoxy groups -OCH3 is 1. The SMILES string of the molecule is COc1ccc2nc(C)cc(SCC(=O)NNC(=O)COc3ccccc3C)c2c1. The fraction of sp³-hybridized carbons (Fsp3) is 0.227. The van der Waals surface area contributed by atoms with E-state index < -0.39 is 5.91 Å². The monoisotopic (exact) mass is 425 g/mol. The minimum Gasteiger partial charge on any atom is -0.497 e. The van der Waals surface area contributed by atoms with Gasteiger partial charge in [0.05, 0.1) is 18.4 Å². The standard InChI is InChI=1S/C22H23N3O4S/c1-14-6-4-5-7-19(14)29-12-21(26)24-25-22(27)13-30-20-10-15(2)23-18-9-8-16(28-3)11-17(18)20/h4-11H,12-13H2,1-3H3,(H,24,26)(H,25,27). The Morgan fingerprint density at radius 1 is 1.03 bits per heavy atom. The summed E-state index contributed by atoms with van der Waals surface area (Å²) in [5.74, 6) is 0.723. The number of carbonyl (C=O) groups excluding carboxylic acids is 2. The Bertz CT molecular complexity index is 1070.